The predicted octanol–water partition coefficient (Wildman–Crippen LogP) is 2.16. The van der Waals surface area contributed by atoms with Crippen LogP contribution in [0.15, 0.2) is 42.7 Å². The molecule has 0 saturated heterocycles. The number of amides is 2. The molecular weight excluding hydrogens is 324 g/mol. The van der Waals surface area contributed by atoms with Crippen LogP contribution in [0, 0.1) is 6.92 Å². The summed E-state index contributed by atoms with van der Waals surface area (Å²) in [5, 5.41) is 6.50. The van der Waals surface area contributed by atoms with Crippen molar-refractivity contribution < 1.29 is 9.59 Å². The van der Waals surface area contributed by atoms with Gasteiger partial charge < -0.3 is 10.6 Å². The van der Waals surface area contributed by atoms with E-state index in [1.165, 1.54) is 6.20 Å². The Morgan fingerprint density at radius 1 is 1.08 bits per heavy atom. The molecule has 7 heteroatoms. The smallest absolute Gasteiger partial charge is 0.252 e. The lowest BCUT2D eigenvalue weighted by Gasteiger charge is -2.07. The first-order valence-electron chi connectivity index (χ1n) is 7.47. The van der Waals surface area contributed by atoms with Crippen molar-refractivity contribution in [1.82, 2.24) is 20.6 Å². The Kier molecular flexibility index (Phi) is 4.81. The molecule has 2 N–H and O–H groups in total. The molecule has 0 unspecified atom stereocenters. The lowest BCUT2D eigenvalue weighted by Crippen LogP contribution is -2.34. The Morgan fingerprint density at radius 3 is 2.54 bits per heavy atom. The van der Waals surface area contributed by atoms with Crippen molar-refractivity contribution >= 4 is 33.4 Å². The molecule has 3 aromatic rings. The van der Waals surface area contributed by atoms with Crippen LogP contribution in [-0.2, 0) is 0 Å². The molecule has 0 aliphatic heterocycles. The minimum Gasteiger partial charge on any atom is -0.350 e. The molecule has 0 saturated carbocycles. The van der Waals surface area contributed by atoms with Gasteiger partial charge in [0.1, 0.15) is 0 Å². The van der Waals surface area contributed by atoms with Crippen LogP contribution in [0.25, 0.3) is 10.2 Å². The number of rotatable bonds is 5. The number of hydrogen-bond donors (Lipinski definition) is 2. The van der Waals surface area contributed by atoms with Gasteiger partial charge in [0.15, 0.2) is 0 Å². The van der Waals surface area contributed by atoms with E-state index >= 15 is 0 Å². The highest BCUT2D eigenvalue weighted by Gasteiger charge is 2.09. The van der Waals surface area contributed by atoms with E-state index in [0.29, 0.717) is 24.2 Å². The number of aromatic nitrogens is 2. The summed E-state index contributed by atoms with van der Waals surface area (Å²) in [6.07, 6.45) is 3.11. The van der Waals surface area contributed by atoms with Gasteiger partial charge in [0.05, 0.1) is 20.8 Å². The highest BCUT2D eigenvalue weighted by molar-refractivity contribution is 7.18. The second-order valence-corrected chi connectivity index (χ2v) is 6.40. The number of pyridine rings is 1. The van der Waals surface area contributed by atoms with Gasteiger partial charge in [-0.2, -0.15) is 0 Å². The van der Waals surface area contributed by atoms with Gasteiger partial charge in [0.25, 0.3) is 11.8 Å². The maximum atomic E-state index is 12.2. The summed E-state index contributed by atoms with van der Waals surface area (Å²) in [6, 6.07) is 8.83. The molecule has 0 spiro atoms. The third-order valence-corrected chi connectivity index (χ3v) is 4.31. The topological polar surface area (TPSA) is 84.0 Å². The van der Waals surface area contributed by atoms with Gasteiger partial charge in [0.2, 0.25) is 0 Å². The van der Waals surface area contributed by atoms with Crippen molar-refractivity contribution in [2.75, 3.05) is 13.1 Å². The Labute approximate surface area is 142 Å². The molecule has 3 rings (SSSR count). The summed E-state index contributed by atoms with van der Waals surface area (Å²) in [5.74, 6) is -0.377. The summed E-state index contributed by atoms with van der Waals surface area (Å²) in [7, 11) is 0. The van der Waals surface area contributed by atoms with Gasteiger partial charge in [-0.1, -0.05) is 0 Å². The highest BCUT2D eigenvalue weighted by atomic mass is 32.1. The number of hydrogen-bond acceptors (Lipinski definition) is 5. The fraction of sp³-hybridized carbons (Fsp3) is 0.176. The van der Waals surface area contributed by atoms with E-state index < -0.39 is 0 Å². The Hall–Kier alpha value is -2.80. The molecule has 6 nitrogen and oxygen atoms in total. The third-order valence-electron chi connectivity index (χ3n) is 3.38. The first-order valence-corrected chi connectivity index (χ1v) is 8.29. The van der Waals surface area contributed by atoms with E-state index in [2.05, 4.69) is 20.6 Å². The molecular formula is C17H16N4O2S. The summed E-state index contributed by atoms with van der Waals surface area (Å²) in [4.78, 5) is 32.3. The standard InChI is InChI=1S/C17H16N4O2S/c1-11-21-14-5-4-12(9-15(14)24-11)16(22)19-7-8-20-17(23)13-3-2-6-18-10-13/h2-6,9-10H,7-8H2,1H3,(H,19,22)(H,20,23). The second kappa shape index (κ2) is 7.18. The fourth-order valence-corrected chi connectivity index (χ4v) is 3.10. The lowest BCUT2D eigenvalue weighted by atomic mass is 10.2. The number of fused-ring (bicyclic) bond motifs is 1. The van der Waals surface area contributed by atoms with E-state index in [4.69, 9.17) is 0 Å². The van der Waals surface area contributed by atoms with Gasteiger partial charge in [-0.15, -0.1) is 11.3 Å². The minimum atomic E-state index is -0.209. The molecule has 0 radical (unpaired) electrons. The monoisotopic (exact) mass is 340 g/mol. The third kappa shape index (κ3) is 3.75. The summed E-state index contributed by atoms with van der Waals surface area (Å²) < 4.78 is 0.991. The molecule has 0 atom stereocenters. The number of carbonyl (C=O) groups is 2. The largest absolute Gasteiger partial charge is 0.350 e. The van der Waals surface area contributed by atoms with Gasteiger partial charge >= 0.3 is 0 Å². The van der Waals surface area contributed by atoms with Crippen molar-refractivity contribution in [1.29, 1.82) is 0 Å². The zero-order chi connectivity index (χ0) is 16.9. The maximum Gasteiger partial charge on any atom is 0.252 e. The van der Waals surface area contributed by atoms with Crippen LogP contribution < -0.4 is 10.6 Å². The quantitative estimate of drug-likeness (QED) is 0.697. The Morgan fingerprint density at radius 2 is 1.83 bits per heavy atom. The Balaban J connectivity index is 1.50. The summed E-state index contributed by atoms with van der Waals surface area (Å²) in [6.45, 7) is 2.64. The Bertz CT molecular complexity index is 877. The number of thiazole rings is 1. The van der Waals surface area contributed by atoms with Crippen LogP contribution in [0.3, 0.4) is 0 Å². The first-order chi connectivity index (χ1) is 11.6. The van der Waals surface area contributed by atoms with Crippen molar-refractivity contribution in [2.24, 2.45) is 0 Å². The molecule has 24 heavy (non-hydrogen) atoms. The first kappa shape index (κ1) is 16.1. The van der Waals surface area contributed by atoms with E-state index in [-0.39, 0.29) is 11.8 Å². The molecule has 0 bridgehead atoms. The molecule has 2 aromatic heterocycles. The van der Waals surface area contributed by atoms with Crippen molar-refractivity contribution in [3.8, 4) is 0 Å². The van der Waals surface area contributed by atoms with Crippen LogP contribution in [0.2, 0.25) is 0 Å². The van der Waals surface area contributed by atoms with Gasteiger partial charge in [-0.05, 0) is 37.3 Å². The number of nitrogens with one attached hydrogen (secondary N) is 2. The molecule has 1 aromatic carbocycles. The van der Waals surface area contributed by atoms with Gasteiger partial charge in [0, 0.05) is 31.0 Å². The van der Waals surface area contributed by atoms with Crippen molar-refractivity contribution in [3.63, 3.8) is 0 Å². The van der Waals surface area contributed by atoms with Crippen LogP contribution in [-0.4, -0.2) is 34.9 Å². The van der Waals surface area contributed by atoms with Crippen LogP contribution in [0.1, 0.15) is 25.7 Å². The molecule has 0 aliphatic rings. The van der Waals surface area contributed by atoms with Crippen LogP contribution in [0.5, 0.6) is 0 Å². The zero-order valence-electron chi connectivity index (χ0n) is 13.1. The summed E-state index contributed by atoms with van der Waals surface area (Å²) >= 11 is 1.56. The minimum absolute atomic E-state index is 0.168. The summed E-state index contributed by atoms with van der Waals surface area (Å²) in [5.41, 5.74) is 1.98. The zero-order valence-corrected chi connectivity index (χ0v) is 13.9. The average Bonchev–Trinajstić information content (AvgIpc) is 2.98. The number of carbonyl (C=O) groups excluding carboxylic acids is 2. The normalized spacial score (nSPS) is 10.5. The predicted molar refractivity (Wildman–Crippen MR) is 93.3 cm³/mol. The molecule has 0 fully saturated rings. The second-order valence-electron chi connectivity index (χ2n) is 5.17. The molecule has 2 amide bonds. The van der Waals surface area contributed by atoms with Crippen LogP contribution in [0.4, 0.5) is 0 Å². The maximum absolute atomic E-state index is 12.2. The van der Waals surface area contributed by atoms with E-state index in [0.717, 1.165) is 15.2 Å². The lowest BCUT2D eigenvalue weighted by molar-refractivity contribution is 0.0927. The van der Waals surface area contributed by atoms with Crippen molar-refractivity contribution in [2.45, 2.75) is 6.92 Å². The van der Waals surface area contributed by atoms with E-state index in [1.807, 2.05) is 19.1 Å². The van der Waals surface area contributed by atoms with Crippen LogP contribution >= 0.6 is 11.3 Å². The molecule has 0 aliphatic carbocycles. The average molecular weight is 340 g/mol. The molecule has 2 heterocycles. The van der Waals surface area contributed by atoms with Gasteiger partial charge in [-0.25, -0.2) is 4.98 Å². The molecule has 122 valence electrons. The SMILES string of the molecule is Cc1nc2ccc(C(=O)NCCNC(=O)c3cccnc3)cc2s1. The number of nitrogens with zero attached hydrogens (tertiary/aromatic N) is 2. The highest BCUT2D eigenvalue weighted by Crippen LogP contribution is 2.22. The number of aryl methyl sites for hydroxylation is 1. The van der Waals surface area contributed by atoms with Crippen molar-refractivity contribution in [3.05, 3.63) is 58.9 Å². The van der Waals surface area contributed by atoms with E-state index in [9.17, 15) is 9.59 Å². The van der Waals surface area contributed by atoms with Gasteiger partial charge in [-0.3, -0.25) is 14.6 Å². The fourth-order valence-electron chi connectivity index (χ4n) is 2.23. The number of benzene rings is 1. The van der Waals surface area contributed by atoms with E-state index in [1.54, 1.807) is 35.7 Å².